The van der Waals surface area contributed by atoms with Crippen LogP contribution < -0.4 is 18.9 Å². The molecule has 12 nitrogen and oxygen atoms in total. The molecule has 0 heterocycles. The Morgan fingerprint density at radius 1 is 0.372 bits per heavy atom. The van der Waals surface area contributed by atoms with Gasteiger partial charge in [0, 0.05) is 38.3 Å². The number of rotatable bonds is 28. The molecule has 0 aliphatic rings. The van der Waals surface area contributed by atoms with Gasteiger partial charge >= 0.3 is 24.7 Å². The molecule has 0 aromatic heterocycles. The highest BCUT2D eigenvalue weighted by molar-refractivity contribution is 7.94. The molecule has 0 aliphatic carbocycles. The summed E-state index contributed by atoms with van der Waals surface area (Å²) >= 11 is 0.714. The number of carbonyl (C=O) groups excluding carboxylic acids is 3. The lowest BCUT2D eigenvalue weighted by Gasteiger charge is -2.38. The fourth-order valence-electron chi connectivity index (χ4n) is 12.9. The number of alkyl halides is 12. The molecular weight excluding hydrogens is 1530 g/mol. The number of sulfone groups is 1. The minimum absolute atomic E-state index is 0.00131. The molecule has 0 aliphatic heterocycles. The third-order valence-electron chi connectivity index (χ3n) is 18.8. The molecule has 1 N–H and O–H groups in total. The molecule has 113 heavy (non-hydrogen) atoms. The monoisotopic (exact) mass is 1590 g/mol. The fraction of sp³-hybridized carbons (Fsp3) is 0.138. The van der Waals surface area contributed by atoms with E-state index in [1.54, 1.807) is 104 Å². The molecule has 26 heteroatoms. The lowest BCUT2D eigenvalue weighted by molar-refractivity contribution is -0.432. The summed E-state index contributed by atoms with van der Waals surface area (Å²) < 4.78 is 237. The fourth-order valence-corrected chi connectivity index (χ4v) is 14.6. The Hall–Kier alpha value is -11.8. The van der Waals surface area contributed by atoms with Crippen LogP contribution in [0.5, 0.6) is 40.2 Å². The van der Waals surface area contributed by atoms with Crippen LogP contribution in [0, 0.1) is 13.8 Å². The number of unbranched alkanes of at least 4 members (excludes halogenated alkanes) is 1. The lowest BCUT2D eigenvalue weighted by Crippen LogP contribution is -2.54. The maximum absolute atomic E-state index is 15.2. The molecule has 12 aromatic carbocycles. The summed E-state index contributed by atoms with van der Waals surface area (Å²) in [4.78, 5) is 40.3. The van der Waals surface area contributed by atoms with Gasteiger partial charge in [0.1, 0.15) is 40.2 Å². The third-order valence-corrected chi connectivity index (χ3v) is 21.2. The van der Waals surface area contributed by atoms with Crippen LogP contribution in [0.25, 0.3) is 11.1 Å². The van der Waals surface area contributed by atoms with E-state index in [-0.39, 0.29) is 79.6 Å². The third kappa shape index (κ3) is 17.5. The van der Waals surface area contributed by atoms with Gasteiger partial charge in [-0.05, 0) is 229 Å². The number of ether oxygens (including phenoxy) is 4. The smallest absolute Gasteiger partial charge is 0.411 e. The minimum Gasteiger partial charge on any atom is -0.494 e. The van der Waals surface area contributed by atoms with E-state index >= 15 is 52.7 Å². The zero-order valence-electron chi connectivity index (χ0n) is 59.3. The van der Waals surface area contributed by atoms with E-state index in [0.717, 1.165) is 59.7 Å². The van der Waals surface area contributed by atoms with Crippen LogP contribution in [-0.2, 0) is 36.5 Å². The van der Waals surface area contributed by atoms with Gasteiger partial charge in [0.05, 0.1) is 28.4 Å². The van der Waals surface area contributed by atoms with Crippen molar-refractivity contribution in [1.82, 2.24) is 0 Å². The molecular formula is C87H62F12O12S2. The van der Waals surface area contributed by atoms with Gasteiger partial charge in [0.2, 0.25) is 20.7 Å². The SMILES string of the molecule is Cc1ccc(C(=O)c2ccc(Oc3ccc(C(c4ccc(Oc5ccc(S(=O)(=O)c6ccc(CCCCOc7ccc(C(c8ccc(Oc9ccc(C(=O)c%10ccc(-c%11ccc(C)c(C(=O)c%12cccc(SOOO)c%12)c%11)cc%10)cc9)cc8)(C(F)(F)F)C(F)(F)F)cc7)cc6)cc5)cc4)(C(F)(F)F)C(F)(F)F)cc3)cc2)cc1. The second kappa shape index (κ2) is 33.2. The van der Waals surface area contributed by atoms with Crippen molar-refractivity contribution >= 4 is 39.2 Å². The molecule has 0 bridgehead atoms. The molecule has 0 unspecified atom stereocenters. The maximum atomic E-state index is 15.2. The number of aryl methyl sites for hydroxylation is 3. The van der Waals surface area contributed by atoms with Gasteiger partial charge in [-0.2, -0.15) is 52.7 Å². The van der Waals surface area contributed by atoms with E-state index < -0.39 is 67.6 Å². The van der Waals surface area contributed by atoms with Gasteiger partial charge in [0.25, 0.3) is 0 Å². The highest BCUT2D eigenvalue weighted by Crippen LogP contribution is 2.58. The predicted octanol–water partition coefficient (Wildman–Crippen LogP) is 23.5. The minimum atomic E-state index is -5.92. The molecule has 0 spiro atoms. The zero-order valence-corrected chi connectivity index (χ0v) is 60.9. The van der Waals surface area contributed by atoms with Gasteiger partial charge in [0.15, 0.2) is 17.3 Å². The molecule has 12 rings (SSSR count). The van der Waals surface area contributed by atoms with Crippen molar-refractivity contribution in [1.29, 1.82) is 0 Å². The molecule has 0 atom stereocenters. The van der Waals surface area contributed by atoms with Crippen LogP contribution in [-0.4, -0.2) is 62.3 Å². The van der Waals surface area contributed by atoms with Crippen molar-refractivity contribution in [3.8, 4) is 51.4 Å². The highest BCUT2D eigenvalue weighted by Gasteiger charge is 2.73. The Labute approximate surface area is 643 Å². The van der Waals surface area contributed by atoms with Gasteiger partial charge in [-0.3, -0.25) is 14.4 Å². The van der Waals surface area contributed by atoms with Crippen LogP contribution >= 0.6 is 12.0 Å². The van der Waals surface area contributed by atoms with Gasteiger partial charge in [-0.15, -0.1) is 4.33 Å². The van der Waals surface area contributed by atoms with Crippen molar-refractivity contribution in [2.75, 3.05) is 6.61 Å². The Kier molecular flexibility index (Phi) is 23.7. The van der Waals surface area contributed by atoms with Crippen LogP contribution in [0.2, 0.25) is 0 Å². The van der Waals surface area contributed by atoms with Gasteiger partial charge in [-0.25, -0.2) is 13.7 Å². The quantitative estimate of drug-likeness (QED) is 0.0123. The first kappa shape index (κ1) is 80.7. The summed E-state index contributed by atoms with van der Waals surface area (Å²) in [6, 6.07) is 60.8. The van der Waals surface area contributed by atoms with Crippen molar-refractivity contribution in [2.24, 2.45) is 0 Å². The Balaban J connectivity index is 0.616. The number of benzene rings is 12. The zero-order chi connectivity index (χ0) is 80.7. The Bertz CT molecular complexity index is 5440. The summed E-state index contributed by atoms with van der Waals surface area (Å²) in [6.07, 6.45) is -22.4. The van der Waals surface area contributed by atoms with E-state index in [2.05, 4.69) is 9.37 Å². The van der Waals surface area contributed by atoms with Crippen LogP contribution in [0.1, 0.15) is 99.6 Å². The number of hydrogen-bond acceptors (Lipinski definition) is 13. The molecule has 0 amide bonds. The topological polar surface area (TPSA) is 161 Å². The lowest BCUT2D eigenvalue weighted by atomic mass is 9.73. The van der Waals surface area contributed by atoms with E-state index in [0.29, 0.717) is 129 Å². The number of ketones is 3. The highest BCUT2D eigenvalue weighted by atomic mass is 32.2. The maximum Gasteiger partial charge on any atom is 0.411 e. The van der Waals surface area contributed by atoms with E-state index in [9.17, 15) is 22.8 Å². The molecule has 0 radical (unpaired) electrons. The number of carbonyl (C=O) groups is 3. The number of hydrogen-bond donors (Lipinski definition) is 1. The Morgan fingerprint density at radius 2 is 0.726 bits per heavy atom. The summed E-state index contributed by atoms with van der Waals surface area (Å²) in [5, 5.41) is 12.2. The Morgan fingerprint density at radius 3 is 1.12 bits per heavy atom. The summed E-state index contributed by atoms with van der Waals surface area (Å²) in [5.74, 6) is -1.03. The van der Waals surface area contributed by atoms with Crippen LogP contribution in [0.4, 0.5) is 52.7 Å². The molecule has 578 valence electrons. The average Bonchev–Trinajstić information content (AvgIpc) is 0.721. The number of halogens is 12. The van der Waals surface area contributed by atoms with Crippen molar-refractivity contribution < 1.29 is 109 Å². The average molecular weight is 1590 g/mol. The second-order valence-electron chi connectivity index (χ2n) is 26.1. The first-order chi connectivity index (χ1) is 53.8. The predicted molar refractivity (Wildman–Crippen MR) is 397 cm³/mol. The molecule has 0 saturated carbocycles. The van der Waals surface area contributed by atoms with Crippen molar-refractivity contribution in [2.45, 2.75) is 83.3 Å². The van der Waals surface area contributed by atoms with E-state index in [1.807, 2.05) is 13.0 Å². The van der Waals surface area contributed by atoms with Gasteiger partial charge in [-0.1, -0.05) is 144 Å². The largest absolute Gasteiger partial charge is 0.494 e. The van der Waals surface area contributed by atoms with E-state index in [4.69, 9.17) is 24.2 Å². The summed E-state index contributed by atoms with van der Waals surface area (Å²) in [5.41, 5.74) is -7.72. The van der Waals surface area contributed by atoms with Crippen LogP contribution in [0.15, 0.2) is 300 Å². The molecule has 0 fully saturated rings. The van der Waals surface area contributed by atoms with Crippen molar-refractivity contribution in [3.63, 3.8) is 0 Å². The molecule has 0 saturated heterocycles. The van der Waals surface area contributed by atoms with Crippen molar-refractivity contribution in [3.05, 3.63) is 357 Å². The van der Waals surface area contributed by atoms with Crippen LogP contribution in [0.3, 0.4) is 0 Å². The van der Waals surface area contributed by atoms with E-state index in [1.165, 1.54) is 84.9 Å². The first-order valence-electron chi connectivity index (χ1n) is 34.4. The summed E-state index contributed by atoms with van der Waals surface area (Å²) in [6.45, 7) is 3.66. The van der Waals surface area contributed by atoms with Gasteiger partial charge < -0.3 is 18.9 Å². The first-order valence-corrected chi connectivity index (χ1v) is 36.7. The second-order valence-corrected chi connectivity index (χ2v) is 28.8. The molecule has 12 aromatic rings. The standard InChI is InChI=1S/C87H62F12O12S2/c1-54-9-14-58(15-10-54)79(100)60-21-33-69(34-22-60)107-72-41-29-66(30-42-72)83(86(94,95)96,87(97,98)99)67-31-43-73(44-32-67)109-74-45-49-77(50-46-74)113(104,105)76-47-12-56(13-48-76)6-3-4-51-106-68-37-25-64(26-38-68)82(84(88,89)90,85(91,92)93)65-27-39-71(40-28-65)108-70-35-23-61(24-36-70)80(101)59-19-17-57(18-20-59)62-16-11-55(2)78(53-62)81(102)63-7-5-8-75(52-63)112-111-110-103/h5,7-50,52-53,103H,3-4,6,51H2,1-2H3. The summed E-state index contributed by atoms with van der Waals surface area (Å²) in [7, 11) is -4.15. The normalized spacial score (nSPS) is 12.3.